The van der Waals surface area contributed by atoms with Crippen molar-refractivity contribution in [1.82, 2.24) is 4.72 Å². The van der Waals surface area contributed by atoms with Crippen molar-refractivity contribution >= 4 is 15.7 Å². The van der Waals surface area contributed by atoms with Gasteiger partial charge in [0.1, 0.15) is 5.76 Å². The van der Waals surface area contributed by atoms with Gasteiger partial charge in [-0.2, -0.15) is 0 Å². The van der Waals surface area contributed by atoms with Crippen LogP contribution in [0.5, 0.6) is 0 Å². The third-order valence-electron chi connectivity index (χ3n) is 3.57. The second-order valence-corrected chi connectivity index (χ2v) is 6.84. The van der Waals surface area contributed by atoms with Crippen molar-refractivity contribution in [3.63, 3.8) is 0 Å². The highest BCUT2D eigenvalue weighted by Gasteiger charge is 2.17. The monoisotopic (exact) mass is 306 g/mol. The van der Waals surface area contributed by atoms with Crippen molar-refractivity contribution in [3.8, 4) is 0 Å². The standard InChI is InChI=1S/C15H18N2O3S/c18-21(19,17-9-7-13-4-2-10-20-13)14-5-6-15-12(11-14)3-1-8-16-15/h2,4-6,10-11,16-17H,1,3,7-9H2. The summed E-state index contributed by atoms with van der Waals surface area (Å²) in [5.41, 5.74) is 2.10. The van der Waals surface area contributed by atoms with Crippen molar-refractivity contribution in [3.05, 3.63) is 47.9 Å². The van der Waals surface area contributed by atoms with Crippen molar-refractivity contribution < 1.29 is 12.8 Å². The number of sulfonamides is 1. The molecule has 0 saturated heterocycles. The number of rotatable bonds is 5. The van der Waals surface area contributed by atoms with E-state index >= 15 is 0 Å². The van der Waals surface area contributed by atoms with E-state index in [0.717, 1.165) is 36.4 Å². The number of nitrogens with one attached hydrogen (secondary N) is 2. The number of fused-ring (bicyclic) bond motifs is 1. The Morgan fingerprint density at radius 2 is 2.19 bits per heavy atom. The molecule has 0 atom stereocenters. The van der Waals surface area contributed by atoms with Gasteiger partial charge in [0, 0.05) is 25.2 Å². The molecule has 21 heavy (non-hydrogen) atoms. The maximum atomic E-state index is 12.3. The van der Waals surface area contributed by atoms with E-state index in [0.29, 0.717) is 17.9 Å². The van der Waals surface area contributed by atoms with E-state index in [9.17, 15) is 8.42 Å². The molecule has 0 aliphatic carbocycles. The maximum Gasteiger partial charge on any atom is 0.240 e. The minimum Gasteiger partial charge on any atom is -0.469 e. The number of hydrogen-bond acceptors (Lipinski definition) is 4. The van der Waals surface area contributed by atoms with Gasteiger partial charge in [-0.3, -0.25) is 0 Å². The summed E-state index contributed by atoms with van der Waals surface area (Å²) < 4.78 is 32.4. The Bertz CT molecular complexity index is 709. The molecule has 2 heterocycles. The Morgan fingerprint density at radius 1 is 1.29 bits per heavy atom. The lowest BCUT2D eigenvalue weighted by atomic mass is 10.0. The first kappa shape index (κ1) is 14.2. The second-order valence-electron chi connectivity index (χ2n) is 5.08. The average Bonchev–Trinajstić information content (AvgIpc) is 3.00. The molecule has 0 bridgehead atoms. The molecule has 0 amide bonds. The number of benzene rings is 1. The molecule has 6 heteroatoms. The minimum absolute atomic E-state index is 0.324. The zero-order chi connectivity index (χ0) is 14.7. The van der Waals surface area contributed by atoms with E-state index < -0.39 is 10.0 Å². The van der Waals surface area contributed by atoms with Crippen molar-refractivity contribution in [2.75, 3.05) is 18.4 Å². The summed E-state index contributed by atoms with van der Waals surface area (Å²) >= 11 is 0. The Balaban J connectivity index is 1.69. The maximum absolute atomic E-state index is 12.3. The van der Waals surface area contributed by atoms with Gasteiger partial charge in [0.25, 0.3) is 0 Å². The van der Waals surface area contributed by atoms with Gasteiger partial charge >= 0.3 is 0 Å². The zero-order valence-electron chi connectivity index (χ0n) is 11.6. The van der Waals surface area contributed by atoms with Crippen LogP contribution < -0.4 is 10.0 Å². The lowest BCUT2D eigenvalue weighted by Crippen LogP contribution is -2.26. The highest BCUT2D eigenvalue weighted by molar-refractivity contribution is 7.89. The topological polar surface area (TPSA) is 71.3 Å². The fourth-order valence-corrected chi connectivity index (χ4v) is 3.55. The van der Waals surface area contributed by atoms with Crippen LogP contribution in [0.25, 0.3) is 0 Å². The van der Waals surface area contributed by atoms with Crippen LogP contribution in [0.2, 0.25) is 0 Å². The van der Waals surface area contributed by atoms with Crippen molar-refractivity contribution in [2.45, 2.75) is 24.2 Å². The van der Waals surface area contributed by atoms with Crippen LogP contribution in [-0.2, 0) is 22.9 Å². The van der Waals surface area contributed by atoms with Crippen LogP contribution in [0.1, 0.15) is 17.7 Å². The first-order valence-corrected chi connectivity index (χ1v) is 8.52. The summed E-state index contributed by atoms with van der Waals surface area (Å²) in [7, 11) is -3.47. The zero-order valence-corrected chi connectivity index (χ0v) is 12.4. The third kappa shape index (κ3) is 3.28. The number of hydrogen-bond donors (Lipinski definition) is 2. The van der Waals surface area contributed by atoms with E-state index in [1.807, 2.05) is 12.1 Å². The Kier molecular flexibility index (Phi) is 3.98. The molecule has 0 fully saturated rings. The molecule has 1 aliphatic rings. The van der Waals surface area contributed by atoms with Crippen LogP contribution in [0.4, 0.5) is 5.69 Å². The normalized spacial score (nSPS) is 14.5. The largest absolute Gasteiger partial charge is 0.469 e. The lowest BCUT2D eigenvalue weighted by molar-refractivity contribution is 0.506. The predicted molar refractivity (Wildman–Crippen MR) is 80.9 cm³/mol. The van der Waals surface area contributed by atoms with Crippen molar-refractivity contribution in [1.29, 1.82) is 0 Å². The number of furan rings is 1. The molecule has 1 aliphatic heterocycles. The molecular weight excluding hydrogens is 288 g/mol. The van der Waals surface area contributed by atoms with E-state index in [1.165, 1.54) is 0 Å². The predicted octanol–water partition coefficient (Wildman–Crippen LogP) is 2.16. The molecule has 1 aromatic carbocycles. The summed E-state index contributed by atoms with van der Waals surface area (Å²) in [5, 5.41) is 3.28. The van der Waals surface area contributed by atoms with E-state index in [4.69, 9.17) is 4.42 Å². The molecule has 3 rings (SSSR count). The van der Waals surface area contributed by atoms with Crippen LogP contribution in [-0.4, -0.2) is 21.5 Å². The molecule has 0 saturated carbocycles. The molecular formula is C15H18N2O3S. The third-order valence-corrected chi connectivity index (χ3v) is 5.03. The Morgan fingerprint density at radius 3 is 3.00 bits per heavy atom. The summed E-state index contributed by atoms with van der Waals surface area (Å²) in [6.45, 7) is 1.27. The lowest BCUT2D eigenvalue weighted by Gasteiger charge is -2.18. The summed E-state index contributed by atoms with van der Waals surface area (Å²) in [6.07, 6.45) is 4.07. The molecule has 0 radical (unpaired) electrons. The molecule has 112 valence electrons. The van der Waals surface area contributed by atoms with Crippen LogP contribution >= 0.6 is 0 Å². The summed E-state index contributed by atoms with van der Waals surface area (Å²) in [4.78, 5) is 0.324. The van der Waals surface area contributed by atoms with E-state index in [-0.39, 0.29) is 0 Å². The van der Waals surface area contributed by atoms with Gasteiger partial charge < -0.3 is 9.73 Å². The molecule has 0 spiro atoms. The van der Waals surface area contributed by atoms with Gasteiger partial charge in [-0.15, -0.1) is 0 Å². The minimum atomic E-state index is -3.47. The fraction of sp³-hybridized carbons (Fsp3) is 0.333. The highest BCUT2D eigenvalue weighted by atomic mass is 32.2. The molecule has 2 aromatic rings. The van der Waals surface area contributed by atoms with Crippen molar-refractivity contribution in [2.24, 2.45) is 0 Å². The first-order valence-electron chi connectivity index (χ1n) is 7.04. The molecule has 5 nitrogen and oxygen atoms in total. The average molecular weight is 306 g/mol. The fourth-order valence-electron chi connectivity index (χ4n) is 2.47. The van der Waals surface area contributed by atoms with Gasteiger partial charge in [0.2, 0.25) is 10.0 Å². The Hall–Kier alpha value is -1.79. The highest BCUT2D eigenvalue weighted by Crippen LogP contribution is 2.24. The number of anilines is 1. The SMILES string of the molecule is O=S(=O)(NCCc1ccco1)c1ccc2c(c1)CCCN2. The van der Waals surface area contributed by atoms with Crippen LogP contribution in [0.15, 0.2) is 45.9 Å². The second kappa shape index (κ2) is 5.91. The molecule has 0 unspecified atom stereocenters. The van der Waals surface area contributed by atoms with Crippen LogP contribution in [0.3, 0.4) is 0 Å². The Labute approximate surface area is 124 Å². The smallest absolute Gasteiger partial charge is 0.240 e. The van der Waals surface area contributed by atoms with Gasteiger partial charge in [0.15, 0.2) is 0 Å². The van der Waals surface area contributed by atoms with Crippen LogP contribution in [0, 0.1) is 0 Å². The van der Waals surface area contributed by atoms with Gasteiger partial charge in [-0.1, -0.05) is 0 Å². The van der Waals surface area contributed by atoms with Gasteiger partial charge in [-0.05, 0) is 48.7 Å². The van der Waals surface area contributed by atoms with E-state index in [2.05, 4.69) is 10.0 Å². The van der Waals surface area contributed by atoms with Gasteiger partial charge in [-0.25, -0.2) is 13.1 Å². The molecule has 1 aromatic heterocycles. The van der Waals surface area contributed by atoms with Gasteiger partial charge in [0.05, 0.1) is 11.2 Å². The first-order chi connectivity index (χ1) is 10.1. The summed E-state index contributed by atoms with van der Waals surface area (Å²) in [5.74, 6) is 0.771. The van der Waals surface area contributed by atoms with E-state index in [1.54, 1.807) is 24.5 Å². The quantitative estimate of drug-likeness (QED) is 0.888. The summed E-state index contributed by atoms with van der Waals surface area (Å²) in [6, 6.07) is 8.87. The molecule has 2 N–H and O–H groups in total. The number of aryl methyl sites for hydroxylation is 1.